The molecule has 1 aromatic carbocycles. The highest BCUT2D eigenvalue weighted by Gasteiger charge is 2.75. The molecule has 25 heavy (non-hydrogen) atoms. The Balaban J connectivity index is 2.89. The van der Waals surface area contributed by atoms with Gasteiger partial charge in [0.25, 0.3) is 5.69 Å². The number of hydrogen-bond acceptors (Lipinski definition) is 4. The van der Waals surface area contributed by atoms with Crippen LogP contribution < -0.4 is 11.2 Å². The molecule has 0 heterocycles. The van der Waals surface area contributed by atoms with Crippen molar-refractivity contribution in [3.05, 3.63) is 38.9 Å². The van der Waals surface area contributed by atoms with E-state index in [-0.39, 0.29) is 10.6 Å². The summed E-state index contributed by atoms with van der Waals surface area (Å²) in [5.41, 5.74) is 5.98. The summed E-state index contributed by atoms with van der Waals surface area (Å²) in [4.78, 5) is 9.75. The van der Waals surface area contributed by atoms with Crippen LogP contribution in [0.25, 0.3) is 0 Å². The molecular formula is C11H8ClF7N4O2. The molecule has 0 unspecified atom stereocenters. The molecule has 6 nitrogen and oxygen atoms in total. The third-order valence-electron chi connectivity index (χ3n) is 2.76. The van der Waals surface area contributed by atoms with E-state index in [1.54, 1.807) is 5.43 Å². The summed E-state index contributed by atoms with van der Waals surface area (Å²) in [6.45, 7) is -0.480. The van der Waals surface area contributed by atoms with Gasteiger partial charge in [-0.05, 0) is 11.6 Å². The fourth-order valence-corrected chi connectivity index (χ4v) is 1.71. The zero-order chi connectivity index (χ0) is 19.6. The number of halogens is 8. The van der Waals surface area contributed by atoms with Crippen LogP contribution in [0.4, 0.5) is 36.4 Å². The predicted molar refractivity (Wildman–Crippen MR) is 72.5 cm³/mol. The number of benzene rings is 1. The summed E-state index contributed by atoms with van der Waals surface area (Å²) in [6, 6.07) is 3.14. The second-order valence-corrected chi connectivity index (χ2v) is 4.93. The Hall–Kier alpha value is -2.31. The maximum atomic E-state index is 13.2. The lowest BCUT2D eigenvalue weighted by Crippen LogP contribution is -2.58. The van der Waals surface area contributed by atoms with Crippen molar-refractivity contribution in [2.75, 3.05) is 0 Å². The van der Waals surface area contributed by atoms with Gasteiger partial charge in [-0.3, -0.25) is 10.1 Å². The van der Waals surface area contributed by atoms with Gasteiger partial charge in [-0.1, -0.05) is 17.7 Å². The number of nitro groups is 1. The molecular weight excluding hydrogens is 389 g/mol. The standard InChI is InChI=1S/C11H8ClF7N4O2/c12-6-3-5(1-2-7(6)23(24)25)4-21-22-8(20)9(13,14)10(15,16)11(17,18)19/h1-3,21H,4H2,(H2,20,22). The van der Waals surface area contributed by atoms with Gasteiger partial charge in [-0.15, -0.1) is 0 Å². The number of amidine groups is 1. The van der Waals surface area contributed by atoms with E-state index in [0.717, 1.165) is 18.2 Å². The van der Waals surface area contributed by atoms with Crippen molar-refractivity contribution in [3.63, 3.8) is 0 Å². The van der Waals surface area contributed by atoms with Gasteiger partial charge < -0.3 is 11.2 Å². The predicted octanol–water partition coefficient (Wildman–Crippen LogP) is 3.44. The van der Waals surface area contributed by atoms with Crippen LogP contribution in [0.2, 0.25) is 5.02 Å². The Labute approximate surface area is 139 Å². The van der Waals surface area contributed by atoms with Gasteiger partial charge in [0.15, 0.2) is 5.84 Å². The van der Waals surface area contributed by atoms with Crippen molar-refractivity contribution in [2.45, 2.75) is 24.6 Å². The molecule has 0 bridgehead atoms. The van der Waals surface area contributed by atoms with Crippen LogP contribution in [0, 0.1) is 10.1 Å². The lowest BCUT2D eigenvalue weighted by atomic mass is 10.1. The minimum absolute atomic E-state index is 0.137. The number of nitrogens with zero attached hydrogens (tertiary/aromatic N) is 2. The van der Waals surface area contributed by atoms with E-state index < -0.39 is 41.0 Å². The number of nitrogens with two attached hydrogens (primary N) is 1. The molecule has 0 fully saturated rings. The van der Waals surface area contributed by atoms with E-state index in [2.05, 4.69) is 10.8 Å². The van der Waals surface area contributed by atoms with Crippen LogP contribution in [-0.2, 0) is 6.54 Å². The zero-order valence-corrected chi connectivity index (χ0v) is 12.5. The monoisotopic (exact) mass is 396 g/mol. The summed E-state index contributed by atoms with van der Waals surface area (Å²) in [6.07, 6.45) is -6.54. The van der Waals surface area contributed by atoms with Crippen LogP contribution in [-0.4, -0.2) is 28.8 Å². The Morgan fingerprint density at radius 1 is 1.24 bits per heavy atom. The number of alkyl halides is 7. The Morgan fingerprint density at radius 3 is 2.24 bits per heavy atom. The second kappa shape index (κ2) is 6.90. The summed E-state index contributed by atoms with van der Waals surface area (Å²) in [7, 11) is 0. The van der Waals surface area contributed by atoms with Crippen molar-refractivity contribution < 1.29 is 35.7 Å². The quantitative estimate of drug-likeness (QED) is 0.253. The molecule has 1 aromatic rings. The molecule has 0 saturated heterocycles. The highest BCUT2D eigenvalue weighted by molar-refractivity contribution is 6.32. The fourth-order valence-electron chi connectivity index (χ4n) is 1.43. The molecule has 0 spiro atoms. The van der Waals surface area contributed by atoms with E-state index in [0.29, 0.717) is 0 Å². The third kappa shape index (κ3) is 4.21. The van der Waals surface area contributed by atoms with E-state index in [1.807, 2.05) is 0 Å². The maximum absolute atomic E-state index is 13.2. The molecule has 0 amide bonds. The van der Waals surface area contributed by atoms with E-state index in [4.69, 9.17) is 11.6 Å². The molecule has 140 valence electrons. The van der Waals surface area contributed by atoms with Gasteiger partial charge in [-0.2, -0.15) is 35.8 Å². The Bertz CT molecular complexity index is 693. The van der Waals surface area contributed by atoms with Crippen LogP contribution in [0.1, 0.15) is 5.56 Å². The van der Waals surface area contributed by atoms with E-state index in [1.165, 1.54) is 0 Å². The van der Waals surface area contributed by atoms with E-state index in [9.17, 15) is 40.8 Å². The third-order valence-corrected chi connectivity index (χ3v) is 3.07. The molecule has 0 aliphatic heterocycles. The zero-order valence-electron chi connectivity index (χ0n) is 11.8. The van der Waals surface area contributed by atoms with Crippen LogP contribution in [0.5, 0.6) is 0 Å². The molecule has 3 N–H and O–H groups in total. The van der Waals surface area contributed by atoms with Crippen molar-refractivity contribution in [1.29, 1.82) is 0 Å². The van der Waals surface area contributed by atoms with Crippen LogP contribution in [0.15, 0.2) is 23.3 Å². The first-order chi connectivity index (χ1) is 11.2. The lowest BCUT2D eigenvalue weighted by Gasteiger charge is -2.27. The highest BCUT2D eigenvalue weighted by atomic mass is 35.5. The fraction of sp³-hybridized carbons (Fsp3) is 0.364. The molecule has 14 heteroatoms. The van der Waals surface area contributed by atoms with Gasteiger partial charge in [-0.25, -0.2) is 0 Å². The van der Waals surface area contributed by atoms with Gasteiger partial charge in [0.2, 0.25) is 0 Å². The topological polar surface area (TPSA) is 93.5 Å². The average molecular weight is 397 g/mol. The highest BCUT2D eigenvalue weighted by Crippen LogP contribution is 2.46. The average Bonchev–Trinajstić information content (AvgIpc) is 2.45. The normalized spacial score (nSPS) is 13.7. The second-order valence-electron chi connectivity index (χ2n) is 4.52. The van der Waals surface area contributed by atoms with E-state index >= 15 is 0 Å². The van der Waals surface area contributed by atoms with Crippen LogP contribution in [0.3, 0.4) is 0 Å². The SMILES string of the molecule is N/C(=N\NCc1ccc([N+](=O)[O-])c(Cl)c1)C(F)(F)C(F)(F)C(F)(F)F. The number of rotatable bonds is 6. The van der Waals surface area contributed by atoms with Crippen molar-refractivity contribution in [1.82, 2.24) is 5.43 Å². The molecule has 0 aliphatic rings. The molecule has 0 saturated carbocycles. The van der Waals surface area contributed by atoms with Gasteiger partial charge >= 0.3 is 18.0 Å². The van der Waals surface area contributed by atoms with Crippen molar-refractivity contribution in [3.8, 4) is 0 Å². The molecule has 0 aromatic heterocycles. The maximum Gasteiger partial charge on any atom is 0.460 e. The molecule has 0 radical (unpaired) electrons. The molecule has 0 aliphatic carbocycles. The van der Waals surface area contributed by atoms with Gasteiger partial charge in [0.1, 0.15) is 5.02 Å². The first-order valence-corrected chi connectivity index (χ1v) is 6.41. The number of hydrazone groups is 1. The summed E-state index contributed by atoms with van der Waals surface area (Å²) < 4.78 is 87.8. The summed E-state index contributed by atoms with van der Waals surface area (Å²) >= 11 is 5.57. The van der Waals surface area contributed by atoms with Crippen molar-refractivity contribution in [2.24, 2.45) is 10.8 Å². The Kier molecular flexibility index (Phi) is 5.72. The minimum Gasteiger partial charge on any atom is -0.380 e. The number of nitro benzene ring substituents is 1. The molecule has 1 rings (SSSR count). The van der Waals surface area contributed by atoms with Crippen LogP contribution >= 0.6 is 11.6 Å². The first kappa shape index (κ1) is 20.7. The van der Waals surface area contributed by atoms with Gasteiger partial charge in [0.05, 0.1) is 11.5 Å². The first-order valence-electron chi connectivity index (χ1n) is 6.03. The molecule has 0 atom stereocenters. The summed E-state index contributed by atoms with van der Waals surface area (Å²) in [5.74, 6) is -14.5. The number of hydrogen-bond donors (Lipinski definition) is 2. The largest absolute Gasteiger partial charge is 0.460 e. The lowest BCUT2D eigenvalue weighted by molar-refractivity contribution is -0.384. The van der Waals surface area contributed by atoms with Gasteiger partial charge in [0, 0.05) is 6.07 Å². The Morgan fingerprint density at radius 2 is 1.80 bits per heavy atom. The minimum atomic E-state index is -6.54. The smallest absolute Gasteiger partial charge is 0.380 e. The van der Waals surface area contributed by atoms with Crippen molar-refractivity contribution >= 4 is 23.1 Å². The summed E-state index contributed by atoms with van der Waals surface area (Å²) in [5, 5.41) is 12.8. The number of nitrogens with one attached hydrogen (secondary N) is 1.